The van der Waals surface area contributed by atoms with Crippen molar-refractivity contribution in [3.05, 3.63) is 11.4 Å². The van der Waals surface area contributed by atoms with E-state index < -0.39 is 12.7 Å². The van der Waals surface area contributed by atoms with Crippen LogP contribution in [0.3, 0.4) is 0 Å². The Morgan fingerprint density at radius 1 is 1.44 bits per heavy atom. The van der Waals surface area contributed by atoms with Gasteiger partial charge >= 0.3 is 6.18 Å². The molecular weight excluding hydrogens is 223 g/mol. The van der Waals surface area contributed by atoms with Crippen molar-refractivity contribution in [1.29, 1.82) is 0 Å². The van der Waals surface area contributed by atoms with Crippen LogP contribution >= 0.6 is 0 Å². The molecule has 0 unspecified atom stereocenters. The number of carbonyl (C=O) groups excluding carboxylic acids is 1. The Bertz CT molecular complexity index is 395. The van der Waals surface area contributed by atoms with Crippen molar-refractivity contribution < 1.29 is 18.0 Å². The molecule has 2 rings (SSSR count). The number of nitrogens with zero attached hydrogens (tertiary/aromatic N) is 3. The van der Waals surface area contributed by atoms with Crippen LogP contribution in [-0.2, 0) is 6.54 Å². The predicted octanol–water partition coefficient (Wildman–Crippen LogP) is 1.92. The zero-order chi connectivity index (χ0) is 11.8. The van der Waals surface area contributed by atoms with Crippen molar-refractivity contribution in [2.45, 2.75) is 37.9 Å². The number of alkyl halides is 3. The number of hydrogen-bond acceptors (Lipinski definition) is 3. The molecule has 0 saturated heterocycles. The Morgan fingerprint density at radius 2 is 2.12 bits per heavy atom. The van der Waals surface area contributed by atoms with Crippen LogP contribution in [-0.4, -0.2) is 27.5 Å². The van der Waals surface area contributed by atoms with Crippen LogP contribution in [0.25, 0.3) is 0 Å². The molecule has 88 valence electrons. The Balaban J connectivity index is 2.29. The lowest BCUT2D eigenvalue weighted by molar-refractivity contribution is -0.143. The van der Waals surface area contributed by atoms with E-state index in [1.807, 2.05) is 0 Å². The molecule has 1 aromatic rings. The van der Waals surface area contributed by atoms with E-state index in [4.69, 9.17) is 0 Å². The maximum atomic E-state index is 12.2. The summed E-state index contributed by atoms with van der Waals surface area (Å²) in [6.45, 7) is -1.18. The molecule has 7 heteroatoms. The molecule has 0 atom stereocenters. The quantitative estimate of drug-likeness (QED) is 0.749. The first-order valence-corrected chi connectivity index (χ1v) is 4.96. The minimum atomic E-state index is -4.34. The third-order valence-electron chi connectivity index (χ3n) is 2.73. The van der Waals surface area contributed by atoms with Crippen molar-refractivity contribution in [2.24, 2.45) is 0 Å². The van der Waals surface area contributed by atoms with E-state index in [1.165, 1.54) is 0 Å². The number of halogens is 3. The summed E-state index contributed by atoms with van der Waals surface area (Å²) in [7, 11) is 0. The van der Waals surface area contributed by atoms with Crippen LogP contribution in [0.2, 0.25) is 0 Å². The number of hydrogen-bond donors (Lipinski definition) is 0. The van der Waals surface area contributed by atoms with Crippen molar-refractivity contribution in [3.8, 4) is 0 Å². The lowest BCUT2D eigenvalue weighted by Crippen LogP contribution is -2.24. The molecule has 16 heavy (non-hydrogen) atoms. The fraction of sp³-hybridized carbons (Fsp3) is 0.667. The first-order valence-electron chi connectivity index (χ1n) is 4.96. The molecule has 4 nitrogen and oxygen atoms in total. The fourth-order valence-corrected chi connectivity index (χ4v) is 1.81. The number of carbonyl (C=O) groups is 1. The van der Waals surface area contributed by atoms with Crippen molar-refractivity contribution in [1.82, 2.24) is 15.0 Å². The molecule has 1 aliphatic carbocycles. The maximum absolute atomic E-state index is 12.2. The lowest BCUT2D eigenvalue weighted by atomic mass is 9.82. The van der Waals surface area contributed by atoms with Crippen LogP contribution in [0.5, 0.6) is 0 Å². The maximum Gasteiger partial charge on any atom is 0.408 e. The van der Waals surface area contributed by atoms with E-state index in [0.717, 1.165) is 23.9 Å². The normalized spacial score (nSPS) is 17.2. The van der Waals surface area contributed by atoms with Gasteiger partial charge in [0.15, 0.2) is 6.29 Å². The summed E-state index contributed by atoms with van der Waals surface area (Å²) in [6.07, 6.45) is -1.31. The predicted molar refractivity (Wildman–Crippen MR) is 48.1 cm³/mol. The highest BCUT2D eigenvalue weighted by molar-refractivity contribution is 5.73. The highest BCUT2D eigenvalue weighted by Crippen LogP contribution is 2.37. The van der Waals surface area contributed by atoms with Crippen LogP contribution in [0.4, 0.5) is 13.2 Å². The Kier molecular flexibility index (Phi) is 2.69. The molecular formula is C9H10F3N3O. The van der Waals surface area contributed by atoms with E-state index in [2.05, 4.69) is 10.3 Å². The smallest absolute Gasteiger partial charge is 0.296 e. The van der Waals surface area contributed by atoms with Crippen LogP contribution in [0.1, 0.15) is 41.4 Å². The van der Waals surface area contributed by atoms with Gasteiger partial charge < -0.3 is 0 Å². The largest absolute Gasteiger partial charge is 0.408 e. The minimum absolute atomic E-state index is 0.00227. The summed E-state index contributed by atoms with van der Waals surface area (Å²) in [5, 5.41) is 6.86. The van der Waals surface area contributed by atoms with Gasteiger partial charge in [-0.1, -0.05) is 11.6 Å². The van der Waals surface area contributed by atoms with Gasteiger partial charge in [-0.05, 0) is 12.8 Å². The molecule has 1 fully saturated rings. The third-order valence-corrected chi connectivity index (χ3v) is 2.73. The fourth-order valence-electron chi connectivity index (χ4n) is 1.81. The Hall–Kier alpha value is -1.40. The van der Waals surface area contributed by atoms with Crippen molar-refractivity contribution in [3.63, 3.8) is 0 Å². The second-order valence-electron chi connectivity index (χ2n) is 3.88. The first kappa shape index (κ1) is 11.1. The van der Waals surface area contributed by atoms with Gasteiger partial charge in [-0.15, -0.1) is 5.10 Å². The zero-order valence-electron chi connectivity index (χ0n) is 8.37. The lowest BCUT2D eigenvalue weighted by Gasteiger charge is -2.26. The number of aromatic nitrogens is 3. The Morgan fingerprint density at radius 3 is 2.56 bits per heavy atom. The van der Waals surface area contributed by atoms with Gasteiger partial charge in [0.1, 0.15) is 12.2 Å². The van der Waals surface area contributed by atoms with Gasteiger partial charge in [-0.2, -0.15) is 13.2 Å². The summed E-state index contributed by atoms with van der Waals surface area (Å²) in [6, 6.07) is 0. The Labute approximate surface area is 89.4 Å². The molecule has 0 aromatic carbocycles. The topological polar surface area (TPSA) is 47.8 Å². The molecule has 0 radical (unpaired) electrons. The highest BCUT2D eigenvalue weighted by atomic mass is 19.4. The molecule has 0 spiro atoms. The van der Waals surface area contributed by atoms with Gasteiger partial charge in [0, 0.05) is 5.92 Å². The van der Waals surface area contributed by atoms with Gasteiger partial charge in [0.2, 0.25) is 0 Å². The van der Waals surface area contributed by atoms with E-state index in [-0.39, 0.29) is 11.6 Å². The van der Waals surface area contributed by atoms with Crippen LogP contribution in [0.15, 0.2) is 0 Å². The van der Waals surface area contributed by atoms with Crippen molar-refractivity contribution in [2.75, 3.05) is 0 Å². The molecule has 0 aliphatic heterocycles. The monoisotopic (exact) mass is 233 g/mol. The van der Waals surface area contributed by atoms with Gasteiger partial charge in [0.25, 0.3) is 0 Å². The summed E-state index contributed by atoms with van der Waals surface area (Å²) in [4.78, 5) is 10.7. The van der Waals surface area contributed by atoms with Gasteiger partial charge in [-0.3, -0.25) is 4.79 Å². The van der Waals surface area contributed by atoms with Crippen LogP contribution < -0.4 is 0 Å². The summed E-state index contributed by atoms with van der Waals surface area (Å²) >= 11 is 0. The van der Waals surface area contributed by atoms with E-state index in [1.54, 1.807) is 0 Å². The molecule has 1 aliphatic rings. The second-order valence-corrected chi connectivity index (χ2v) is 3.88. The van der Waals surface area contributed by atoms with E-state index in [9.17, 15) is 18.0 Å². The average Bonchev–Trinajstić information content (AvgIpc) is 2.43. The minimum Gasteiger partial charge on any atom is -0.296 e. The van der Waals surface area contributed by atoms with Gasteiger partial charge in [-0.25, -0.2) is 4.68 Å². The van der Waals surface area contributed by atoms with Crippen LogP contribution in [0, 0.1) is 0 Å². The molecule has 0 bridgehead atoms. The second kappa shape index (κ2) is 3.88. The molecule has 1 saturated carbocycles. The molecule has 1 heterocycles. The number of rotatable bonds is 3. The summed E-state index contributed by atoms with van der Waals surface area (Å²) in [5.74, 6) is -0.00227. The molecule has 1 aromatic heterocycles. The third kappa shape index (κ3) is 2.07. The van der Waals surface area contributed by atoms with E-state index in [0.29, 0.717) is 12.0 Å². The van der Waals surface area contributed by atoms with Gasteiger partial charge in [0.05, 0.1) is 5.69 Å². The standard InChI is InChI=1S/C9H10F3N3O/c10-9(11,12)5-15-8(6-2-1-3-6)7(4-16)13-14-15/h4,6H,1-3,5H2. The van der Waals surface area contributed by atoms with Crippen molar-refractivity contribution >= 4 is 6.29 Å². The molecule has 0 N–H and O–H groups in total. The molecule has 0 amide bonds. The number of aldehydes is 1. The van der Waals surface area contributed by atoms with E-state index >= 15 is 0 Å². The first-order chi connectivity index (χ1) is 7.51. The summed E-state index contributed by atoms with van der Waals surface area (Å²) < 4.78 is 37.5. The summed E-state index contributed by atoms with van der Waals surface area (Å²) in [5.41, 5.74) is 0.368. The highest BCUT2D eigenvalue weighted by Gasteiger charge is 2.34. The SMILES string of the molecule is O=Cc1nnn(CC(F)(F)F)c1C1CCC1. The zero-order valence-corrected chi connectivity index (χ0v) is 8.37. The average molecular weight is 233 g/mol.